The quantitative estimate of drug-likeness (QED) is 0.0657. The number of carbonyl (C=O) groups excluding carboxylic acids is 1. The zero-order valence-corrected chi connectivity index (χ0v) is 36.0. The number of amides is 1. The van der Waals surface area contributed by atoms with Gasteiger partial charge in [0.1, 0.15) is 48.1 Å². The molecule has 0 aliphatic heterocycles. The molecule has 0 spiro atoms. The Hall–Kier alpha value is -4.42. The van der Waals surface area contributed by atoms with Crippen LogP contribution < -0.4 is 16.0 Å². The zero-order chi connectivity index (χ0) is 47.3. The van der Waals surface area contributed by atoms with Gasteiger partial charge in [-0.3, -0.25) is 4.79 Å². The van der Waals surface area contributed by atoms with Gasteiger partial charge in [-0.15, -0.1) is 0 Å². The van der Waals surface area contributed by atoms with Gasteiger partial charge in [-0.2, -0.15) is 0 Å². The van der Waals surface area contributed by atoms with Crippen molar-refractivity contribution in [2.75, 3.05) is 45.7 Å². The normalized spacial score (nSPS) is 23.5. The summed E-state index contributed by atoms with van der Waals surface area (Å²) in [6, 6.07) is 13.2. The van der Waals surface area contributed by atoms with Gasteiger partial charge in [0.25, 0.3) is 5.91 Å². The number of carboxylic acid groups (broad SMARTS) is 2. The Morgan fingerprint density at radius 2 is 1.12 bits per heavy atom. The summed E-state index contributed by atoms with van der Waals surface area (Å²) in [5, 5.41) is 116. The molecule has 3 aromatic rings. The fraction of sp³-hybridized carbons (Fsp3) is 0.591. The van der Waals surface area contributed by atoms with Gasteiger partial charge in [-0.1, -0.05) is 30.3 Å². The molecule has 4 saturated carbocycles. The van der Waals surface area contributed by atoms with Crippen LogP contribution in [0.2, 0.25) is 0 Å². The molecule has 356 valence electrons. The number of anilines is 1. The molecule has 1 heterocycles. The first kappa shape index (κ1) is 52.2. The summed E-state index contributed by atoms with van der Waals surface area (Å²) in [5.74, 6) is 0.0865. The lowest BCUT2D eigenvalue weighted by atomic mass is 9.48. The van der Waals surface area contributed by atoms with E-state index in [9.17, 15) is 34.8 Å². The smallest absolute Gasteiger partial charge is 0.335 e. The Morgan fingerprint density at radius 1 is 0.688 bits per heavy atom. The van der Waals surface area contributed by atoms with E-state index in [2.05, 4.69) is 25.9 Å². The fourth-order valence-corrected chi connectivity index (χ4v) is 9.42. The Labute approximate surface area is 370 Å². The maximum absolute atomic E-state index is 13.5. The number of aromatic amines is 1. The molecule has 0 unspecified atom stereocenters. The van der Waals surface area contributed by atoms with Crippen molar-refractivity contribution in [2.24, 2.45) is 23.2 Å². The zero-order valence-electron chi connectivity index (χ0n) is 36.0. The molecule has 0 radical (unpaired) electrons. The number of likely N-dealkylation sites (N-methyl/N-ethyl adjacent to an activating group) is 2. The number of hydrogen-bond acceptors (Lipinski definition) is 16. The lowest BCUT2D eigenvalue weighted by Crippen LogP contribution is -2.48. The highest BCUT2D eigenvalue weighted by molar-refractivity contribution is 6.05. The van der Waals surface area contributed by atoms with Crippen LogP contribution >= 0.6 is 0 Å². The average molecular weight is 904 g/mol. The molecule has 8 atom stereocenters. The SMILES string of the molecule is CNC[C@H](O)[C@@H](O)[C@H](O)[C@H](O)CO.CNC[C@H](O)[C@@H](O)[C@H](O)[C@H](O)CO.O=C(O)c1cc(NC(=O)c2nc(-c3ccccc3)[nH]c2CCC23CC4CC(CC(C4)C2)C3)cc(C(=O)O)c1. The number of aliphatic hydroxyl groups excluding tert-OH is 10. The molecule has 2 aromatic carbocycles. The van der Waals surface area contributed by atoms with E-state index >= 15 is 0 Å². The summed E-state index contributed by atoms with van der Waals surface area (Å²) in [4.78, 5) is 44.6. The number of aromatic nitrogens is 2. The Balaban J connectivity index is 0.000000285. The molecule has 4 bridgehead atoms. The molecular weight excluding hydrogens is 839 g/mol. The number of hydrogen-bond donors (Lipinski definition) is 16. The molecular formula is C44H65N5O15. The largest absolute Gasteiger partial charge is 0.478 e. The monoisotopic (exact) mass is 903 g/mol. The predicted molar refractivity (Wildman–Crippen MR) is 231 cm³/mol. The van der Waals surface area contributed by atoms with Gasteiger partial charge in [0.2, 0.25) is 0 Å². The van der Waals surface area contributed by atoms with E-state index in [1.165, 1.54) is 50.7 Å². The van der Waals surface area contributed by atoms with Crippen LogP contribution in [0.3, 0.4) is 0 Å². The number of nitrogens with one attached hydrogen (secondary N) is 4. The minimum atomic E-state index is -1.55. The Bertz CT molecular complexity index is 1850. The van der Waals surface area contributed by atoms with Crippen molar-refractivity contribution in [3.05, 3.63) is 71.0 Å². The van der Waals surface area contributed by atoms with Crippen molar-refractivity contribution in [1.82, 2.24) is 20.6 Å². The molecule has 20 heteroatoms. The summed E-state index contributed by atoms with van der Waals surface area (Å²) in [7, 11) is 3.15. The Kier molecular flexibility index (Phi) is 19.7. The van der Waals surface area contributed by atoms with E-state index in [4.69, 9.17) is 40.9 Å². The van der Waals surface area contributed by atoms with E-state index in [1.54, 1.807) is 14.1 Å². The van der Waals surface area contributed by atoms with E-state index in [1.807, 2.05) is 30.3 Å². The van der Waals surface area contributed by atoms with Crippen molar-refractivity contribution in [1.29, 1.82) is 0 Å². The average Bonchev–Trinajstić information content (AvgIpc) is 3.72. The van der Waals surface area contributed by atoms with Gasteiger partial charge in [-0.25, -0.2) is 14.6 Å². The first-order valence-corrected chi connectivity index (χ1v) is 21.4. The van der Waals surface area contributed by atoms with Crippen LogP contribution in [0.4, 0.5) is 5.69 Å². The van der Waals surface area contributed by atoms with Gasteiger partial charge in [-0.05, 0) is 107 Å². The molecule has 4 fully saturated rings. The van der Waals surface area contributed by atoms with Crippen LogP contribution in [0.15, 0.2) is 48.5 Å². The minimum absolute atomic E-state index is 0.0936. The third-order valence-electron chi connectivity index (χ3n) is 12.3. The second-order valence-electron chi connectivity index (χ2n) is 17.3. The molecule has 1 aromatic heterocycles. The van der Waals surface area contributed by atoms with E-state index < -0.39 is 79.9 Å². The number of H-pyrrole nitrogens is 1. The van der Waals surface area contributed by atoms with Gasteiger partial charge in [0.15, 0.2) is 0 Å². The third kappa shape index (κ3) is 14.0. The highest BCUT2D eigenvalue weighted by atomic mass is 16.4. The van der Waals surface area contributed by atoms with Crippen molar-refractivity contribution in [3.63, 3.8) is 0 Å². The van der Waals surface area contributed by atoms with Gasteiger partial charge < -0.3 is 82.2 Å². The number of carbonyl (C=O) groups is 3. The van der Waals surface area contributed by atoms with Crippen molar-refractivity contribution >= 4 is 23.5 Å². The number of benzene rings is 2. The first-order chi connectivity index (χ1) is 30.3. The molecule has 1 amide bonds. The molecule has 4 aliphatic rings. The van der Waals surface area contributed by atoms with Crippen LogP contribution in [0.5, 0.6) is 0 Å². The number of rotatable bonds is 20. The fourth-order valence-electron chi connectivity index (χ4n) is 9.42. The minimum Gasteiger partial charge on any atom is -0.478 e. The predicted octanol–water partition coefficient (Wildman–Crippen LogP) is -0.842. The third-order valence-corrected chi connectivity index (χ3v) is 12.3. The lowest BCUT2D eigenvalue weighted by molar-refractivity contribution is -0.113. The van der Waals surface area contributed by atoms with Crippen LogP contribution in [-0.4, -0.2) is 178 Å². The van der Waals surface area contributed by atoms with Crippen molar-refractivity contribution in [3.8, 4) is 11.4 Å². The van der Waals surface area contributed by atoms with Crippen molar-refractivity contribution in [2.45, 2.75) is 100 Å². The number of aliphatic hydroxyl groups is 10. The molecule has 20 nitrogen and oxygen atoms in total. The summed E-state index contributed by atoms with van der Waals surface area (Å²) in [6.07, 6.45) is -1.62. The summed E-state index contributed by atoms with van der Waals surface area (Å²) >= 11 is 0. The van der Waals surface area contributed by atoms with Crippen LogP contribution in [0, 0.1) is 23.2 Å². The van der Waals surface area contributed by atoms with Crippen LogP contribution in [0.1, 0.15) is 81.8 Å². The highest BCUT2D eigenvalue weighted by Gasteiger charge is 2.50. The number of aryl methyl sites for hydroxylation is 1. The molecule has 0 saturated heterocycles. The van der Waals surface area contributed by atoms with E-state index in [-0.39, 0.29) is 35.6 Å². The maximum Gasteiger partial charge on any atom is 0.335 e. The number of carboxylic acids is 2. The number of nitrogens with zero attached hydrogens (tertiary/aromatic N) is 1. The molecule has 7 rings (SSSR count). The molecule has 64 heavy (non-hydrogen) atoms. The second-order valence-corrected chi connectivity index (χ2v) is 17.3. The summed E-state index contributed by atoms with van der Waals surface area (Å²) in [6.45, 7) is -1.14. The van der Waals surface area contributed by atoms with Crippen LogP contribution in [0.25, 0.3) is 11.4 Å². The number of aromatic carboxylic acids is 2. The maximum atomic E-state index is 13.5. The van der Waals surface area contributed by atoms with Crippen LogP contribution in [-0.2, 0) is 6.42 Å². The first-order valence-electron chi connectivity index (χ1n) is 21.4. The van der Waals surface area contributed by atoms with Gasteiger partial charge in [0.05, 0.1) is 36.5 Å². The topological polar surface area (TPSA) is 359 Å². The second kappa shape index (κ2) is 24.2. The number of imidazole rings is 1. The van der Waals surface area contributed by atoms with E-state index in [0.29, 0.717) is 17.7 Å². The Morgan fingerprint density at radius 3 is 1.53 bits per heavy atom. The lowest BCUT2D eigenvalue weighted by Gasteiger charge is -2.57. The van der Waals surface area contributed by atoms with Crippen molar-refractivity contribution < 1.29 is 75.7 Å². The highest BCUT2D eigenvalue weighted by Crippen LogP contribution is 2.61. The standard InChI is InChI=1S/C30H31N3O5.2C7H17NO5/c34-27(31-23-12-21(28(35)36)11-22(13-23)29(37)38)25-24(32-26(33-25)20-4-2-1-3-5-20)6-7-30-14-17-8-18(15-30)10-19(9-17)16-30;2*1-8-2-4(10)6(12)7(13)5(11)3-9/h1-5,11-13,17-19H,6-10,14-16H2,(H,31,34)(H,32,33)(H,35,36)(H,37,38);2*4-13H,2-3H2,1H3/t;2*4-,5+,6+,7+/m.00/s1. The van der Waals surface area contributed by atoms with E-state index in [0.717, 1.165) is 41.5 Å². The van der Waals surface area contributed by atoms with Gasteiger partial charge >= 0.3 is 11.9 Å². The summed E-state index contributed by atoms with van der Waals surface area (Å²) in [5.41, 5.74) is 1.89. The summed E-state index contributed by atoms with van der Waals surface area (Å²) < 4.78 is 0. The van der Waals surface area contributed by atoms with Gasteiger partial charge in [0, 0.05) is 30.0 Å². The molecule has 4 aliphatic carbocycles. The molecule has 16 N–H and O–H groups in total.